The Kier molecular flexibility index (Phi) is 13.8. The standard InChI is InChI=1S/C5H8O2.C4H6O2.Rh/c1-4(6)3-5(2)7;1-3(5)4(2)6;/h3,6H,1-2H3;1-2H3;/q;;+1/p-1/b4-3-;;. The Hall–Kier alpha value is -0.827. The van der Waals surface area contributed by atoms with Crippen molar-refractivity contribution in [1.82, 2.24) is 0 Å². The smallest absolute Gasteiger partial charge is 0.876 e. The first kappa shape index (κ1) is 18.9. The number of hydrogen-bond donors (Lipinski definition) is 0. The average molecular weight is 288 g/mol. The van der Waals surface area contributed by atoms with Gasteiger partial charge in [-0.05, 0) is 13.0 Å². The number of allylic oxidation sites excluding steroid dienone is 2. The van der Waals surface area contributed by atoms with E-state index in [1.54, 1.807) is 0 Å². The molecule has 0 atom stereocenters. The zero-order valence-electron chi connectivity index (χ0n) is 8.54. The van der Waals surface area contributed by atoms with Gasteiger partial charge in [0.05, 0.1) is 0 Å². The molecule has 4 nitrogen and oxygen atoms in total. The Morgan fingerprint density at radius 2 is 1.21 bits per heavy atom. The van der Waals surface area contributed by atoms with Crippen LogP contribution in [0.1, 0.15) is 27.7 Å². The zero-order valence-corrected chi connectivity index (χ0v) is 10.2. The summed E-state index contributed by atoms with van der Waals surface area (Å²) in [5.74, 6) is -1.13. The van der Waals surface area contributed by atoms with Gasteiger partial charge in [-0.25, -0.2) is 0 Å². The molecule has 0 spiro atoms. The molecular weight excluding hydrogens is 275 g/mol. The van der Waals surface area contributed by atoms with E-state index in [2.05, 4.69) is 0 Å². The second-order valence-electron chi connectivity index (χ2n) is 2.48. The van der Waals surface area contributed by atoms with Crippen LogP contribution in [0.4, 0.5) is 0 Å². The molecule has 0 saturated heterocycles. The van der Waals surface area contributed by atoms with Gasteiger partial charge < -0.3 is 5.11 Å². The van der Waals surface area contributed by atoms with E-state index < -0.39 is 0 Å². The molecular formula is C9H13O4Rh. The summed E-state index contributed by atoms with van der Waals surface area (Å²) >= 11 is 0. The van der Waals surface area contributed by atoms with Gasteiger partial charge in [-0.3, -0.25) is 14.4 Å². The first-order chi connectivity index (χ1) is 5.77. The molecule has 0 bridgehead atoms. The molecule has 0 aromatic heterocycles. The summed E-state index contributed by atoms with van der Waals surface area (Å²) in [5.41, 5.74) is 0. The van der Waals surface area contributed by atoms with E-state index >= 15 is 0 Å². The maximum absolute atomic E-state index is 9.98. The van der Waals surface area contributed by atoms with Crippen LogP contribution in [0.15, 0.2) is 11.8 Å². The van der Waals surface area contributed by atoms with Crippen LogP contribution in [-0.2, 0) is 33.9 Å². The number of hydrogen-bond acceptors (Lipinski definition) is 4. The van der Waals surface area contributed by atoms with E-state index in [1.165, 1.54) is 27.7 Å². The second kappa shape index (κ2) is 10.3. The van der Waals surface area contributed by atoms with Crippen LogP contribution in [0.2, 0.25) is 0 Å². The Labute approximate surface area is 96.1 Å². The predicted molar refractivity (Wildman–Crippen MR) is 45.8 cm³/mol. The summed E-state index contributed by atoms with van der Waals surface area (Å²) < 4.78 is 0. The summed E-state index contributed by atoms with van der Waals surface area (Å²) in [4.78, 5) is 29.6. The Bertz CT molecular complexity index is 227. The van der Waals surface area contributed by atoms with Crippen LogP contribution in [0.3, 0.4) is 0 Å². The molecule has 0 rings (SSSR count). The number of rotatable bonds is 2. The molecule has 0 aliphatic carbocycles. The molecule has 0 unspecified atom stereocenters. The van der Waals surface area contributed by atoms with Gasteiger partial charge in [0.1, 0.15) is 0 Å². The molecule has 0 N–H and O–H groups in total. The van der Waals surface area contributed by atoms with Crippen LogP contribution < -0.4 is 5.11 Å². The molecule has 0 amide bonds. The maximum Gasteiger partial charge on any atom is 1.00 e. The van der Waals surface area contributed by atoms with Gasteiger partial charge in [0.15, 0.2) is 17.3 Å². The molecule has 0 radical (unpaired) electrons. The molecule has 0 fully saturated rings. The van der Waals surface area contributed by atoms with E-state index in [1.807, 2.05) is 0 Å². The molecule has 0 aliphatic rings. The fourth-order valence-electron chi connectivity index (χ4n) is 0.286. The van der Waals surface area contributed by atoms with Crippen LogP contribution in [0.5, 0.6) is 0 Å². The number of ketones is 3. The van der Waals surface area contributed by atoms with Crippen molar-refractivity contribution in [1.29, 1.82) is 0 Å². The van der Waals surface area contributed by atoms with Crippen LogP contribution >= 0.6 is 0 Å². The van der Waals surface area contributed by atoms with E-state index in [-0.39, 0.29) is 42.6 Å². The molecule has 0 aliphatic heterocycles. The van der Waals surface area contributed by atoms with Crippen molar-refractivity contribution in [3.63, 3.8) is 0 Å². The first-order valence-electron chi connectivity index (χ1n) is 3.64. The van der Waals surface area contributed by atoms with Crippen molar-refractivity contribution < 1.29 is 39.0 Å². The summed E-state index contributed by atoms with van der Waals surface area (Å²) in [6, 6.07) is 0. The Morgan fingerprint density at radius 1 is 0.929 bits per heavy atom. The molecule has 0 aromatic carbocycles. The normalized spacial score (nSPS) is 9.00. The van der Waals surface area contributed by atoms with Gasteiger partial charge >= 0.3 is 19.5 Å². The van der Waals surface area contributed by atoms with Gasteiger partial charge in [0.2, 0.25) is 0 Å². The van der Waals surface area contributed by atoms with Crippen molar-refractivity contribution in [3.8, 4) is 0 Å². The van der Waals surface area contributed by atoms with Crippen LogP contribution in [0, 0.1) is 0 Å². The largest absolute Gasteiger partial charge is 1.00 e. The van der Waals surface area contributed by atoms with E-state index in [4.69, 9.17) is 0 Å². The number of carbonyl (C=O) groups is 3. The van der Waals surface area contributed by atoms with Crippen molar-refractivity contribution >= 4 is 17.3 Å². The van der Waals surface area contributed by atoms with Crippen molar-refractivity contribution in [2.24, 2.45) is 0 Å². The SMILES string of the molecule is CC(=O)/C=C(/C)[O-].CC(=O)C(C)=O.[Rh+]. The minimum absolute atomic E-state index is 0. The van der Waals surface area contributed by atoms with Gasteiger partial charge in [-0.15, -0.1) is 5.76 Å². The minimum Gasteiger partial charge on any atom is -0.876 e. The van der Waals surface area contributed by atoms with Crippen molar-refractivity contribution in [2.75, 3.05) is 0 Å². The Morgan fingerprint density at radius 3 is 1.21 bits per heavy atom. The molecule has 5 heteroatoms. The molecule has 0 aromatic rings. The first-order valence-corrected chi connectivity index (χ1v) is 3.64. The van der Waals surface area contributed by atoms with Crippen LogP contribution in [0.25, 0.3) is 0 Å². The molecule has 0 saturated carbocycles. The fraction of sp³-hybridized carbons (Fsp3) is 0.444. The monoisotopic (exact) mass is 288 g/mol. The van der Waals surface area contributed by atoms with E-state index in [0.29, 0.717) is 0 Å². The van der Waals surface area contributed by atoms with Gasteiger partial charge in [-0.2, -0.15) is 0 Å². The van der Waals surface area contributed by atoms with Crippen LogP contribution in [-0.4, -0.2) is 17.3 Å². The third kappa shape index (κ3) is 22.5. The van der Waals surface area contributed by atoms with Gasteiger partial charge in [0.25, 0.3) is 0 Å². The quantitative estimate of drug-likeness (QED) is 0.310. The predicted octanol–water partition coefficient (Wildman–Crippen LogP) is 0.00140. The molecule has 82 valence electrons. The summed E-state index contributed by atoms with van der Waals surface area (Å²) in [5, 5.41) is 9.98. The zero-order chi connectivity index (χ0) is 11.0. The molecule has 14 heavy (non-hydrogen) atoms. The second-order valence-corrected chi connectivity index (χ2v) is 2.48. The Balaban J connectivity index is -0.000000163. The van der Waals surface area contributed by atoms with Gasteiger partial charge in [0, 0.05) is 13.8 Å². The maximum atomic E-state index is 9.98. The van der Waals surface area contributed by atoms with E-state index in [9.17, 15) is 19.5 Å². The average Bonchev–Trinajstić information content (AvgIpc) is 1.84. The summed E-state index contributed by atoms with van der Waals surface area (Å²) in [6.45, 7) is 5.20. The summed E-state index contributed by atoms with van der Waals surface area (Å²) in [6.07, 6.45) is 1.06. The van der Waals surface area contributed by atoms with Crippen molar-refractivity contribution in [3.05, 3.63) is 11.8 Å². The minimum atomic E-state index is -0.380. The molecule has 0 heterocycles. The van der Waals surface area contributed by atoms with Crippen molar-refractivity contribution in [2.45, 2.75) is 27.7 Å². The van der Waals surface area contributed by atoms with E-state index in [0.717, 1.165) is 6.08 Å². The number of carbonyl (C=O) groups excluding carboxylic acids is 3. The third-order valence-electron chi connectivity index (χ3n) is 0.902. The topological polar surface area (TPSA) is 74.3 Å². The fourth-order valence-corrected chi connectivity index (χ4v) is 0.286. The van der Waals surface area contributed by atoms with Gasteiger partial charge in [-0.1, -0.05) is 6.92 Å². The summed E-state index contributed by atoms with van der Waals surface area (Å²) in [7, 11) is 0. The third-order valence-corrected chi connectivity index (χ3v) is 0.902. The number of Topliss-reactive ketones (excluding diaryl/α,β-unsaturated/α-hetero) is 2.